The summed E-state index contributed by atoms with van der Waals surface area (Å²) >= 11 is 0. The molecule has 0 fully saturated rings. The molecule has 0 aliphatic carbocycles. The molecule has 4 rings (SSSR count). The van der Waals surface area contributed by atoms with Gasteiger partial charge in [0.2, 0.25) is 0 Å². The smallest absolute Gasteiger partial charge is 0.338 e. The highest BCUT2D eigenvalue weighted by Crippen LogP contribution is 2.34. The van der Waals surface area contributed by atoms with Crippen LogP contribution in [0.25, 0.3) is 0 Å². The molecule has 0 radical (unpaired) electrons. The number of benzene rings is 3. The summed E-state index contributed by atoms with van der Waals surface area (Å²) in [7, 11) is 1.36. The number of nitrogens with zero attached hydrogens (tertiary/aromatic N) is 1. The fraction of sp³-hybridized carbons (Fsp3) is 0.167. The molecule has 146 valence electrons. The average molecular weight is 386 g/mol. The van der Waals surface area contributed by atoms with Crippen LogP contribution < -0.4 is 5.32 Å². The van der Waals surface area contributed by atoms with Crippen molar-refractivity contribution in [2.75, 3.05) is 19.0 Å². The maximum atomic E-state index is 13.3. The van der Waals surface area contributed by atoms with Crippen molar-refractivity contribution in [3.05, 3.63) is 101 Å². The molecule has 1 aliphatic heterocycles. The Morgan fingerprint density at radius 2 is 1.66 bits per heavy atom. The molecule has 0 saturated carbocycles. The normalized spacial score (nSPS) is 15.4. The van der Waals surface area contributed by atoms with Crippen molar-refractivity contribution >= 4 is 17.6 Å². The summed E-state index contributed by atoms with van der Waals surface area (Å²) in [4.78, 5) is 27.5. The van der Waals surface area contributed by atoms with Crippen LogP contribution in [0.1, 0.15) is 38.0 Å². The van der Waals surface area contributed by atoms with Gasteiger partial charge in [-0.05, 0) is 30.2 Å². The molecule has 3 aromatic rings. The molecule has 5 nitrogen and oxygen atoms in total. The van der Waals surface area contributed by atoms with E-state index < -0.39 is 12.1 Å². The number of methoxy groups -OCH3 is 1. The minimum atomic E-state index is -0.462. The molecule has 0 aromatic heterocycles. The zero-order valence-corrected chi connectivity index (χ0v) is 16.2. The number of nitrogens with one attached hydrogen (secondary N) is 1. The summed E-state index contributed by atoms with van der Waals surface area (Å²) in [5.41, 5.74) is 3.71. The SMILES string of the molecule is COC(=O)c1ccccc1[C@H]1Nc2ccccc2C(=O)N1CCc1ccccc1. The van der Waals surface area contributed by atoms with Crippen molar-refractivity contribution in [3.63, 3.8) is 0 Å². The second kappa shape index (κ2) is 8.19. The molecule has 1 heterocycles. The lowest BCUT2D eigenvalue weighted by Gasteiger charge is -2.38. The number of rotatable bonds is 5. The van der Waals surface area contributed by atoms with Crippen LogP contribution in [0.4, 0.5) is 5.69 Å². The van der Waals surface area contributed by atoms with Crippen molar-refractivity contribution in [1.29, 1.82) is 0 Å². The van der Waals surface area contributed by atoms with Gasteiger partial charge in [-0.1, -0.05) is 60.7 Å². The van der Waals surface area contributed by atoms with E-state index in [1.54, 1.807) is 17.0 Å². The number of hydrogen-bond acceptors (Lipinski definition) is 4. The summed E-state index contributed by atoms with van der Waals surface area (Å²) < 4.78 is 4.96. The molecule has 1 amide bonds. The largest absolute Gasteiger partial charge is 0.465 e. The Labute approximate surface area is 169 Å². The molecule has 3 aromatic carbocycles. The summed E-state index contributed by atoms with van der Waals surface area (Å²) in [5.74, 6) is -0.475. The van der Waals surface area contributed by atoms with E-state index in [4.69, 9.17) is 4.74 Å². The average Bonchev–Trinajstić information content (AvgIpc) is 2.78. The molecule has 0 spiro atoms. The first-order valence-corrected chi connectivity index (χ1v) is 9.56. The van der Waals surface area contributed by atoms with E-state index in [1.165, 1.54) is 7.11 Å². The molecular formula is C24H22N2O3. The zero-order chi connectivity index (χ0) is 20.2. The standard InChI is InChI=1S/C24H22N2O3/c1-29-24(28)19-12-6-5-11-18(19)22-25-21-14-8-7-13-20(21)23(27)26(22)16-15-17-9-3-2-4-10-17/h2-14,22,25H,15-16H2,1H3/t22-/m0/s1. The van der Waals surface area contributed by atoms with E-state index in [2.05, 4.69) is 5.32 Å². The van der Waals surface area contributed by atoms with Crippen molar-refractivity contribution in [3.8, 4) is 0 Å². The highest BCUT2D eigenvalue weighted by molar-refractivity contribution is 6.02. The van der Waals surface area contributed by atoms with Crippen LogP contribution in [-0.4, -0.2) is 30.4 Å². The van der Waals surface area contributed by atoms with Gasteiger partial charge in [0.1, 0.15) is 6.17 Å². The van der Waals surface area contributed by atoms with E-state index in [9.17, 15) is 9.59 Å². The Bertz CT molecular complexity index is 1030. The Hall–Kier alpha value is -3.60. The lowest BCUT2D eigenvalue weighted by Crippen LogP contribution is -2.44. The van der Waals surface area contributed by atoms with Gasteiger partial charge in [-0.2, -0.15) is 0 Å². The molecular weight excluding hydrogens is 364 g/mol. The number of hydrogen-bond donors (Lipinski definition) is 1. The van der Waals surface area contributed by atoms with E-state index >= 15 is 0 Å². The maximum absolute atomic E-state index is 13.3. The van der Waals surface area contributed by atoms with E-state index in [0.717, 1.165) is 16.8 Å². The van der Waals surface area contributed by atoms with Gasteiger partial charge >= 0.3 is 5.97 Å². The van der Waals surface area contributed by atoms with Gasteiger partial charge in [0.15, 0.2) is 0 Å². The topological polar surface area (TPSA) is 58.6 Å². The van der Waals surface area contributed by atoms with Gasteiger partial charge in [-0.15, -0.1) is 0 Å². The summed E-state index contributed by atoms with van der Waals surface area (Å²) in [6.07, 6.45) is 0.254. The van der Waals surface area contributed by atoms with Crippen LogP contribution in [0.5, 0.6) is 0 Å². The predicted molar refractivity (Wildman–Crippen MR) is 112 cm³/mol. The molecule has 1 aliphatic rings. The van der Waals surface area contributed by atoms with E-state index in [0.29, 0.717) is 24.1 Å². The molecule has 5 heteroatoms. The van der Waals surface area contributed by atoms with Crippen molar-refractivity contribution in [1.82, 2.24) is 4.90 Å². The van der Waals surface area contributed by atoms with Crippen molar-refractivity contribution in [2.24, 2.45) is 0 Å². The van der Waals surface area contributed by atoms with Crippen LogP contribution in [0, 0.1) is 0 Å². The minimum Gasteiger partial charge on any atom is -0.465 e. The van der Waals surface area contributed by atoms with Gasteiger partial charge < -0.3 is 15.0 Å². The fourth-order valence-electron chi connectivity index (χ4n) is 3.69. The third-order valence-corrected chi connectivity index (χ3v) is 5.17. The summed E-state index contributed by atoms with van der Waals surface area (Å²) in [5, 5.41) is 3.45. The van der Waals surface area contributed by atoms with Crippen LogP contribution in [0.2, 0.25) is 0 Å². The van der Waals surface area contributed by atoms with Crippen LogP contribution in [0.15, 0.2) is 78.9 Å². The van der Waals surface area contributed by atoms with Gasteiger partial charge in [0, 0.05) is 17.8 Å². The first-order valence-electron chi connectivity index (χ1n) is 9.56. The molecule has 0 bridgehead atoms. The minimum absolute atomic E-state index is 0.0556. The van der Waals surface area contributed by atoms with E-state index in [-0.39, 0.29) is 5.91 Å². The predicted octanol–water partition coefficient (Wildman–Crippen LogP) is 4.28. The first kappa shape index (κ1) is 18.7. The number of carbonyl (C=O) groups is 2. The van der Waals surface area contributed by atoms with Gasteiger partial charge in [0.05, 0.1) is 18.2 Å². The molecule has 1 N–H and O–H groups in total. The summed E-state index contributed by atoms with van der Waals surface area (Å²) in [6.45, 7) is 0.518. The van der Waals surface area contributed by atoms with Gasteiger partial charge in [-0.25, -0.2) is 4.79 Å². The number of fused-ring (bicyclic) bond motifs is 1. The Morgan fingerprint density at radius 3 is 2.45 bits per heavy atom. The number of esters is 1. The zero-order valence-electron chi connectivity index (χ0n) is 16.2. The molecule has 0 unspecified atom stereocenters. The molecule has 29 heavy (non-hydrogen) atoms. The Morgan fingerprint density at radius 1 is 0.966 bits per heavy atom. The van der Waals surface area contributed by atoms with E-state index in [1.807, 2.05) is 66.7 Å². The van der Waals surface area contributed by atoms with Crippen molar-refractivity contribution < 1.29 is 14.3 Å². The van der Waals surface area contributed by atoms with Gasteiger partial charge in [0.25, 0.3) is 5.91 Å². The number of amides is 1. The highest BCUT2D eigenvalue weighted by atomic mass is 16.5. The van der Waals surface area contributed by atoms with Crippen LogP contribution in [-0.2, 0) is 11.2 Å². The fourth-order valence-corrected chi connectivity index (χ4v) is 3.69. The lowest BCUT2D eigenvalue weighted by atomic mass is 9.99. The number of ether oxygens (including phenoxy) is 1. The van der Waals surface area contributed by atoms with Crippen molar-refractivity contribution in [2.45, 2.75) is 12.6 Å². The second-order valence-corrected chi connectivity index (χ2v) is 6.91. The quantitative estimate of drug-likeness (QED) is 0.665. The van der Waals surface area contributed by atoms with Gasteiger partial charge in [-0.3, -0.25) is 4.79 Å². The van der Waals surface area contributed by atoms with Crippen LogP contribution >= 0.6 is 0 Å². The monoisotopic (exact) mass is 386 g/mol. The number of anilines is 1. The summed E-state index contributed by atoms with van der Waals surface area (Å²) in [6, 6.07) is 24.8. The maximum Gasteiger partial charge on any atom is 0.338 e. The lowest BCUT2D eigenvalue weighted by molar-refractivity contribution is 0.0586. The number of para-hydroxylation sites is 1. The Balaban J connectivity index is 1.73. The first-order chi connectivity index (χ1) is 14.2. The second-order valence-electron chi connectivity index (χ2n) is 6.91. The number of carbonyl (C=O) groups excluding carboxylic acids is 2. The van der Waals surface area contributed by atoms with Crippen LogP contribution in [0.3, 0.4) is 0 Å². The third-order valence-electron chi connectivity index (χ3n) is 5.17. The highest BCUT2D eigenvalue weighted by Gasteiger charge is 2.34. The molecule has 1 atom stereocenters. The molecule has 0 saturated heterocycles. The Kier molecular flexibility index (Phi) is 5.29. The third kappa shape index (κ3) is 3.72.